The first kappa shape index (κ1) is 13.7. The van der Waals surface area contributed by atoms with Crippen molar-refractivity contribution in [1.29, 1.82) is 0 Å². The quantitative estimate of drug-likeness (QED) is 0.703. The number of anilines is 3. The van der Waals surface area contributed by atoms with E-state index in [1.807, 2.05) is 30.3 Å². The molecule has 0 aliphatic rings. The molecule has 0 saturated heterocycles. The summed E-state index contributed by atoms with van der Waals surface area (Å²) < 4.78 is -0.725. The van der Waals surface area contributed by atoms with Crippen molar-refractivity contribution >= 4 is 65.4 Å². The smallest absolute Gasteiger partial charge is 0.232 e. The van der Waals surface area contributed by atoms with Crippen LogP contribution < -0.4 is 11.1 Å². The van der Waals surface area contributed by atoms with Gasteiger partial charge < -0.3 is 11.1 Å². The second-order valence-corrected chi connectivity index (χ2v) is 10.1. The van der Waals surface area contributed by atoms with E-state index in [2.05, 4.69) is 68.1 Å². The molecule has 0 saturated carbocycles. The van der Waals surface area contributed by atoms with Crippen LogP contribution in [-0.2, 0) is 2.14 Å². The fourth-order valence-corrected chi connectivity index (χ4v) is 1.76. The van der Waals surface area contributed by atoms with Crippen molar-refractivity contribution in [3.63, 3.8) is 0 Å². The Labute approximate surface area is 129 Å². The van der Waals surface area contributed by atoms with E-state index in [1.54, 1.807) is 0 Å². The summed E-state index contributed by atoms with van der Waals surface area (Å²) in [7, 11) is 0. The van der Waals surface area contributed by atoms with Gasteiger partial charge in [-0.15, -0.1) is 0 Å². The van der Waals surface area contributed by atoms with E-state index in [0.29, 0.717) is 11.8 Å². The number of rotatable bonds is 2. The second kappa shape index (κ2) is 5.50. The molecule has 2 rings (SSSR count). The molecule has 0 spiro atoms. The number of nitrogens with two attached hydrogens (primary N) is 1. The maximum Gasteiger partial charge on any atom is 0.232 e. The third-order valence-electron chi connectivity index (χ3n) is 1.94. The zero-order valence-electron chi connectivity index (χ0n) is 8.94. The monoisotopic (exact) mass is 435 g/mol. The molecule has 2 aromatic rings. The Hall–Kier alpha value is -0.730. The number of halogens is 3. The van der Waals surface area contributed by atoms with Gasteiger partial charge in [-0.25, -0.2) is 0 Å². The molecule has 0 atom stereocenters. The molecule has 0 bridgehead atoms. The minimum absolute atomic E-state index is 0.140. The minimum atomic E-state index is -0.725. The zero-order chi connectivity index (χ0) is 13.2. The molecule has 0 fully saturated rings. The lowest BCUT2D eigenvalue weighted by Crippen LogP contribution is -2.12. The van der Waals surface area contributed by atoms with Crippen LogP contribution in [0.3, 0.4) is 0 Å². The second-order valence-electron chi connectivity index (χ2n) is 3.33. The summed E-state index contributed by atoms with van der Waals surface area (Å²) in [5, 5.41) is 3.05. The van der Waals surface area contributed by atoms with E-state index in [9.17, 15) is 0 Å². The number of nitrogen functional groups attached to an aromatic ring is 1. The molecule has 18 heavy (non-hydrogen) atoms. The topological polar surface area (TPSA) is 76.7 Å². The van der Waals surface area contributed by atoms with Gasteiger partial charge in [0.25, 0.3) is 0 Å². The predicted molar refractivity (Wildman–Crippen MR) is 82.4 cm³/mol. The Morgan fingerprint density at radius 1 is 1.00 bits per heavy atom. The van der Waals surface area contributed by atoms with E-state index < -0.39 is 2.14 Å². The van der Waals surface area contributed by atoms with Crippen molar-refractivity contribution in [2.45, 2.75) is 2.14 Å². The van der Waals surface area contributed by atoms with E-state index in [1.165, 1.54) is 0 Å². The highest BCUT2D eigenvalue weighted by atomic mass is 80.0. The average molecular weight is 438 g/mol. The molecule has 1 aromatic carbocycles. The van der Waals surface area contributed by atoms with Gasteiger partial charge in [0.2, 0.25) is 11.9 Å². The number of nitrogens with one attached hydrogen (secondary N) is 1. The third kappa shape index (κ3) is 3.63. The number of benzene rings is 1. The molecule has 5 nitrogen and oxygen atoms in total. The summed E-state index contributed by atoms with van der Waals surface area (Å²) in [4.78, 5) is 12.3. The van der Waals surface area contributed by atoms with Gasteiger partial charge in [0.05, 0.1) is 0 Å². The molecule has 0 amide bonds. The van der Waals surface area contributed by atoms with Crippen LogP contribution in [0.5, 0.6) is 0 Å². The summed E-state index contributed by atoms with van der Waals surface area (Å²) in [5.74, 6) is 0.945. The lowest BCUT2D eigenvalue weighted by atomic mass is 10.3. The van der Waals surface area contributed by atoms with Gasteiger partial charge in [0.15, 0.2) is 7.97 Å². The number of aromatic nitrogens is 3. The van der Waals surface area contributed by atoms with Crippen molar-refractivity contribution in [3.05, 3.63) is 36.2 Å². The van der Waals surface area contributed by atoms with Crippen LogP contribution in [0, 0.1) is 0 Å². The van der Waals surface area contributed by atoms with E-state index in [4.69, 9.17) is 5.73 Å². The van der Waals surface area contributed by atoms with Crippen molar-refractivity contribution < 1.29 is 0 Å². The first-order valence-corrected chi connectivity index (χ1v) is 7.24. The molecule has 8 heteroatoms. The Bertz CT molecular complexity index is 541. The summed E-state index contributed by atoms with van der Waals surface area (Å²) in [6.07, 6.45) is 0. The van der Waals surface area contributed by atoms with Crippen LogP contribution in [-0.4, -0.2) is 15.0 Å². The van der Waals surface area contributed by atoms with Crippen molar-refractivity contribution in [2.24, 2.45) is 0 Å². The van der Waals surface area contributed by atoms with Crippen LogP contribution in [0.25, 0.3) is 0 Å². The molecule has 0 unspecified atom stereocenters. The predicted octanol–water partition coefficient (Wildman–Crippen LogP) is 3.49. The van der Waals surface area contributed by atoms with Crippen LogP contribution in [0.15, 0.2) is 30.3 Å². The standard InChI is InChI=1S/C10H8Br3N5/c11-10(12,13)7-16-8(14)18-9(17-7)15-6-4-2-1-3-5-6/h1-5H,(H3,14,15,16,17,18). The highest BCUT2D eigenvalue weighted by Gasteiger charge is 2.26. The highest BCUT2D eigenvalue weighted by molar-refractivity contribution is 9.38. The van der Waals surface area contributed by atoms with Gasteiger partial charge in [-0.3, -0.25) is 0 Å². The number of hydrogen-bond acceptors (Lipinski definition) is 5. The molecular formula is C10H8Br3N5. The Kier molecular flexibility index (Phi) is 4.18. The SMILES string of the molecule is Nc1nc(Nc2ccccc2)nc(C(Br)(Br)Br)n1. The molecule has 3 N–H and O–H groups in total. The Balaban J connectivity index is 2.32. The largest absolute Gasteiger partial charge is 0.368 e. The molecule has 1 heterocycles. The Morgan fingerprint density at radius 3 is 2.28 bits per heavy atom. The van der Waals surface area contributed by atoms with Gasteiger partial charge in [-0.1, -0.05) is 66.0 Å². The molecule has 0 aliphatic heterocycles. The third-order valence-corrected chi connectivity index (χ3v) is 3.00. The fraction of sp³-hybridized carbons (Fsp3) is 0.100. The van der Waals surface area contributed by atoms with Crippen LogP contribution >= 0.6 is 47.8 Å². The van der Waals surface area contributed by atoms with Crippen molar-refractivity contribution in [1.82, 2.24) is 15.0 Å². The van der Waals surface area contributed by atoms with Gasteiger partial charge in [-0.2, -0.15) is 15.0 Å². The average Bonchev–Trinajstić information content (AvgIpc) is 2.28. The maximum atomic E-state index is 5.65. The van der Waals surface area contributed by atoms with E-state index >= 15 is 0 Å². The lowest BCUT2D eigenvalue weighted by Gasteiger charge is -2.12. The number of alkyl halides is 3. The molecule has 1 aromatic heterocycles. The number of hydrogen-bond donors (Lipinski definition) is 2. The number of para-hydroxylation sites is 1. The highest BCUT2D eigenvalue weighted by Crippen LogP contribution is 2.42. The van der Waals surface area contributed by atoms with Crippen molar-refractivity contribution in [3.8, 4) is 0 Å². The first-order valence-electron chi connectivity index (χ1n) is 4.86. The molecular weight excluding hydrogens is 430 g/mol. The summed E-state index contributed by atoms with van der Waals surface area (Å²) in [5.41, 5.74) is 6.52. The van der Waals surface area contributed by atoms with Gasteiger partial charge >= 0.3 is 0 Å². The maximum absolute atomic E-state index is 5.65. The number of nitrogens with zero attached hydrogens (tertiary/aromatic N) is 3. The molecule has 0 radical (unpaired) electrons. The first-order chi connectivity index (χ1) is 8.45. The van der Waals surface area contributed by atoms with Gasteiger partial charge in [0.1, 0.15) is 0 Å². The fourth-order valence-electron chi connectivity index (χ4n) is 1.23. The zero-order valence-corrected chi connectivity index (χ0v) is 13.7. The van der Waals surface area contributed by atoms with E-state index in [-0.39, 0.29) is 5.95 Å². The van der Waals surface area contributed by atoms with Gasteiger partial charge in [0, 0.05) is 5.69 Å². The summed E-state index contributed by atoms with van der Waals surface area (Å²) >= 11 is 10.0. The van der Waals surface area contributed by atoms with E-state index in [0.717, 1.165) is 5.69 Å². The van der Waals surface area contributed by atoms with Crippen LogP contribution in [0.1, 0.15) is 5.82 Å². The van der Waals surface area contributed by atoms with Crippen LogP contribution in [0.4, 0.5) is 17.6 Å². The van der Waals surface area contributed by atoms with Crippen LogP contribution in [0.2, 0.25) is 0 Å². The van der Waals surface area contributed by atoms with Crippen molar-refractivity contribution in [2.75, 3.05) is 11.1 Å². The lowest BCUT2D eigenvalue weighted by molar-refractivity contribution is 0.970. The Morgan fingerprint density at radius 2 is 1.67 bits per heavy atom. The molecule has 94 valence electrons. The molecule has 0 aliphatic carbocycles. The van der Waals surface area contributed by atoms with Gasteiger partial charge in [-0.05, 0) is 12.1 Å². The summed E-state index contributed by atoms with van der Waals surface area (Å²) in [6, 6.07) is 9.57. The normalized spacial score (nSPS) is 11.3. The summed E-state index contributed by atoms with van der Waals surface area (Å²) in [6.45, 7) is 0. The minimum Gasteiger partial charge on any atom is -0.368 e.